The number of hydrogen-bond acceptors (Lipinski definition) is 5. The van der Waals surface area contributed by atoms with Crippen molar-refractivity contribution in [1.29, 1.82) is 0 Å². The largest absolute Gasteiger partial charge is 0.491 e. The van der Waals surface area contributed by atoms with E-state index < -0.39 is 0 Å². The van der Waals surface area contributed by atoms with Gasteiger partial charge in [0, 0.05) is 10.6 Å². The van der Waals surface area contributed by atoms with Crippen LogP contribution < -0.4 is 15.6 Å². The fraction of sp³-hybridized carbons (Fsp3) is 0.278. The SMILES string of the molecule is Cc1cc2c(=O)n(CC(=O)Nc3ccc(OC(C)C)cc3)cnc2s1. The topological polar surface area (TPSA) is 73.2 Å². The van der Waals surface area contributed by atoms with E-state index in [2.05, 4.69) is 10.3 Å². The minimum Gasteiger partial charge on any atom is -0.491 e. The fourth-order valence-corrected chi connectivity index (χ4v) is 3.27. The highest BCUT2D eigenvalue weighted by Crippen LogP contribution is 2.19. The van der Waals surface area contributed by atoms with E-state index >= 15 is 0 Å². The lowest BCUT2D eigenvalue weighted by molar-refractivity contribution is -0.116. The van der Waals surface area contributed by atoms with E-state index in [1.54, 1.807) is 30.3 Å². The molecule has 6 nitrogen and oxygen atoms in total. The van der Waals surface area contributed by atoms with Gasteiger partial charge in [-0.1, -0.05) is 0 Å². The van der Waals surface area contributed by atoms with Crippen molar-refractivity contribution in [1.82, 2.24) is 9.55 Å². The third kappa shape index (κ3) is 4.06. The summed E-state index contributed by atoms with van der Waals surface area (Å²) in [7, 11) is 0. The molecule has 0 aliphatic carbocycles. The van der Waals surface area contributed by atoms with Crippen LogP contribution in [0.4, 0.5) is 5.69 Å². The van der Waals surface area contributed by atoms with Gasteiger partial charge in [-0.2, -0.15) is 0 Å². The van der Waals surface area contributed by atoms with Crippen molar-refractivity contribution in [3.8, 4) is 5.75 Å². The summed E-state index contributed by atoms with van der Waals surface area (Å²) >= 11 is 1.47. The molecule has 0 fully saturated rings. The van der Waals surface area contributed by atoms with Crippen LogP contribution in [0, 0.1) is 6.92 Å². The molecular formula is C18H19N3O3S. The summed E-state index contributed by atoms with van der Waals surface area (Å²) < 4.78 is 6.88. The van der Waals surface area contributed by atoms with Crippen LogP contribution in [0.5, 0.6) is 5.75 Å². The minimum atomic E-state index is -0.285. The highest BCUT2D eigenvalue weighted by Gasteiger charge is 2.10. The maximum absolute atomic E-state index is 12.4. The second kappa shape index (κ2) is 7.06. The molecule has 3 aromatic rings. The Balaban J connectivity index is 1.70. The number of ether oxygens (including phenoxy) is 1. The Morgan fingerprint density at radius 2 is 2.04 bits per heavy atom. The lowest BCUT2D eigenvalue weighted by Crippen LogP contribution is -2.27. The minimum absolute atomic E-state index is 0.0824. The zero-order chi connectivity index (χ0) is 18.0. The van der Waals surface area contributed by atoms with Gasteiger partial charge < -0.3 is 10.1 Å². The van der Waals surface area contributed by atoms with Crippen LogP contribution in [-0.4, -0.2) is 21.6 Å². The molecule has 0 atom stereocenters. The second-order valence-corrected chi connectivity index (χ2v) is 7.23. The highest BCUT2D eigenvalue weighted by molar-refractivity contribution is 7.18. The molecule has 0 saturated heterocycles. The number of anilines is 1. The first kappa shape index (κ1) is 17.2. The molecule has 0 unspecified atom stereocenters. The van der Waals surface area contributed by atoms with Crippen LogP contribution in [-0.2, 0) is 11.3 Å². The molecule has 3 rings (SSSR count). The number of amides is 1. The summed E-state index contributed by atoms with van der Waals surface area (Å²) in [5, 5.41) is 3.32. The number of benzene rings is 1. The van der Waals surface area contributed by atoms with E-state index in [1.165, 1.54) is 22.2 Å². The lowest BCUT2D eigenvalue weighted by atomic mass is 10.3. The predicted molar refractivity (Wildman–Crippen MR) is 99.5 cm³/mol. The van der Waals surface area contributed by atoms with E-state index in [0.717, 1.165) is 10.6 Å². The van der Waals surface area contributed by atoms with Crippen molar-refractivity contribution in [2.45, 2.75) is 33.4 Å². The summed E-state index contributed by atoms with van der Waals surface area (Å²) in [6, 6.07) is 8.92. The Morgan fingerprint density at radius 3 is 2.72 bits per heavy atom. The zero-order valence-electron chi connectivity index (χ0n) is 14.3. The Bertz CT molecular complexity index is 958. The van der Waals surface area contributed by atoms with Crippen LogP contribution in [0.1, 0.15) is 18.7 Å². The van der Waals surface area contributed by atoms with E-state index in [9.17, 15) is 9.59 Å². The Hall–Kier alpha value is -2.67. The number of carbonyl (C=O) groups is 1. The molecule has 2 aromatic heterocycles. The van der Waals surface area contributed by atoms with Crippen LogP contribution in [0.2, 0.25) is 0 Å². The third-order valence-corrected chi connectivity index (χ3v) is 4.42. The summed E-state index contributed by atoms with van der Waals surface area (Å²) in [4.78, 5) is 30.6. The number of aryl methyl sites for hydroxylation is 1. The van der Waals surface area contributed by atoms with Crippen molar-refractivity contribution in [3.63, 3.8) is 0 Å². The number of thiophene rings is 1. The van der Waals surface area contributed by atoms with Gasteiger partial charge in [0.1, 0.15) is 17.1 Å². The van der Waals surface area contributed by atoms with Gasteiger partial charge in [-0.05, 0) is 51.1 Å². The molecule has 7 heteroatoms. The normalized spacial score (nSPS) is 11.0. The molecule has 1 N–H and O–H groups in total. The van der Waals surface area contributed by atoms with Gasteiger partial charge >= 0.3 is 0 Å². The number of aromatic nitrogens is 2. The van der Waals surface area contributed by atoms with Crippen LogP contribution in [0.25, 0.3) is 10.2 Å². The number of fused-ring (bicyclic) bond motifs is 1. The van der Waals surface area contributed by atoms with Crippen molar-refractivity contribution in [2.24, 2.45) is 0 Å². The molecule has 1 aromatic carbocycles. The summed E-state index contributed by atoms with van der Waals surface area (Å²) in [6.07, 6.45) is 1.51. The number of hydrogen-bond donors (Lipinski definition) is 1. The number of carbonyl (C=O) groups excluding carboxylic acids is 1. The summed E-state index contributed by atoms with van der Waals surface area (Å²) in [6.45, 7) is 5.75. The highest BCUT2D eigenvalue weighted by atomic mass is 32.1. The van der Waals surface area contributed by atoms with Gasteiger partial charge in [-0.3, -0.25) is 14.2 Å². The molecule has 130 valence electrons. The van der Waals surface area contributed by atoms with E-state index in [4.69, 9.17) is 4.74 Å². The van der Waals surface area contributed by atoms with Gasteiger partial charge in [-0.25, -0.2) is 4.98 Å². The van der Waals surface area contributed by atoms with Crippen molar-refractivity contribution in [3.05, 3.63) is 51.9 Å². The fourth-order valence-electron chi connectivity index (χ4n) is 2.44. The molecule has 1 amide bonds. The van der Waals surface area contributed by atoms with E-state index in [1.807, 2.05) is 20.8 Å². The monoisotopic (exact) mass is 357 g/mol. The van der Waals surface area contributed by atoms with Crippen molar-refractivity contribution < 1.29 is 9.53 Å². The van der Waals surface area contributed by atoms with Gasteiger partial charge in [0.05, 0.1) is 17.8 Å². The molecule has 2 heterocycles. The Kier molecular flexibility index (Phi) is 4.85. The molecule has 0 radical (unpaired) electrons. The maximum Gasteiger partial charge on any atom is 0.262 e. The van der Waals surface area contributed by atoms with Crippen molar-refractivity contribution >= 4 is 33.1 Å². The molecule has 25 heavy (non-hydrogen) atoms. The average molecular weight is 357 g/mol. The first-order chi connectivity index (χ1) is 11.9. The molecule has 0 aliphatic heterocycles. The Morgan fingerprint density at radius 1 is 1.32 bits per heavy atom. The molecular weight excluding hydrogens is 338 g/mol. The maximum atomic E-state index is 12.4. The quantitative estimate of drug-likeness (QED) is 0.761. The number of nitrogens with zero attached hydrogens (tertiary/aromatic N) is 2. The summed E-state index contributed by atoms with van der Waals surface area (Å²) in [5.74, 6) is 0.458. The van der Waals surface area contributed by atoms with Crippen LogP contribution in [0.15, 0.2) is 41.5 Å². The summed E-state index contributed by atoms with van der Waals surface area (Å²) in [5.41, 5.74) is 0.444. The molecule has 0 aliphatic rings. The second-order valence-electron chi connectivity index (χ2n) is 5.99. The van der Waals surface area contributed by atoms with E-state index in [-0.39, 0.29) is 24.1 Å². The zero-order valence-corrected chi connectivity index (χ0v) is 15.1. The number of rotatable bonds is 5. The van der Waals surface area contributed by atoms with Crippen molar-refractivity contribution in [2.75, 3.05) is 5.32 Å². The van der Waals surface area contributed by atoms with Gasteiger partial charge in [0.15, 0.2) is 0 Å². The average Bonchev–Trinajstić information content (AvgIpc) is 2.93. The van der Waals surface area contributed by atoms with Crippen LogP contribution in [0.3, 0.4) is 0 Å². The predicted octanol–water partition coefficient (Wildman–Crippen LogP) is 3.19. The Labute approximate surface area is 149 Å². The first-order valence-electron chi connectivity index (χ1n) is 7.94. The standard InChI is InChI=1S/C18H19N3O3S/c1-11(2)24-14-6-4-13(5-7-14)20-16(22)9-21-10-19-17-15(18(21)23)8-12(3)25-17/h4-8,10-11H,9H2,1-3H3,(H,20,22). The molecule has 0 saturated carbocycles. The number of nitrogens with one attached hydrogen (secondary N) is 1. The smallest absolute Gasteiger partial charge is 0.262 e. The molecule has 0 spiro atoms. The molecule has 0 bridgehead atoms. The van der Waals surface area contributed by atoms with Crippen LogP contribution >= 0.6 is 11.3 Å². The first-order valence-corrected chi connectivity index (χ1v) is 8.76. The van der Waals surface area contributed by atoms with Gasteiger partial charge in [0.2, 0.25) is 5.91 Å². The van der Waals surface area contributed by atoms with Gasteiger partial charge in [-0.15, -0.1) is 11.3 Å². The van der Waals surface area contributed by atoms with Gasteiger partial charge in [0.25, 0.3) is 5.56 Å². The van der Waals surface area contributed by atoms with E-state index in [0.29, 0.717) is 15.9 Å². The lowest BCUT2D eigenvalue weighted by Gasteiger charge is -2.11. The third-order valence-electron chi connectivity index (χ3n) is 3.47.